The monoisotopic (exact) mass is 680 g/mol. The number of nitrogens with zero attached hydrogens (tertiary/aromatic N) is 4. The molecule has 5 rings (SSSR count). The molecule has 5 aromatic rings. The number of aromatic nitrogens is 6. The second-order valence-corrected chi connectivity index (χ2v) is 12.4. The molecule has 5 aromatic heterocycles. The van der Waals surface area contributed by atoms with Gasteiger partial charge >= 0.3 is 88.8 Å². The molecule has 44 heavy (non-hydrogen) atoms. The third kappa shape index (κ3) is 14.2. The fourth-order valence-corrected chi connectivity index (χ4v) is 3.31. The van der Waals surface area contributed by atoms with E-state index in [1.54, 1.807) is 24.8 Å². The molecule has 0 saturated heterocycles. The molecule has 20 heteroatoms. The van der Waals surface area contributed by atoms with Crippen LogP contribution in [0.2, 0.25) is 0 Å². The SMILES string of the molecule is F[P-](F)(F)(F)(F)F.F[P-](F)(F)(F)(F)F.c1ccc(-c2[nH+]c(-c3ccccn3)c(-c3ccccn3)[nH+]c2-c2ccccn2)nc1. The van der Waals surface area contributed by atoms with Crippen molar-refractivity contribution in [2.45, 2.75) is 0 Å². The smallest absolute Gasteiger partial charge is 0.250 e. The van der Waals surface area contributed by atoms with E-state index in [1.165, 1.54) is 0 Å². The maximum absolute atomic E-state index is 10.7. The summed E-state index contributed by atoms with van der Waals surface area (Å²) in [7, 11) is -21.3. The standard InChI is InChI=1S/C24H16N6.2F6P/c1-5-13-25-17(9-1)21-22(18-10-2-6-14-26-18)30-24(20-12-4-8-16-28-20)23(29-21)19-11-3-7-15-27-19;2*1-7(2,3,4,5)6/h1-16H;;/q;2*-1/p+2. The van der Waals surface area contributed by atoms with E-state index in [1.807, 2.05) is 72.8 Å². The van der Waals surface area contributed by atoms with E-state index in [0.717, 1.165) is 45.6 Å². The molecule has 0 spiro atoms. The van der Waals surface area contributed by atoms with Crippen molar-refractivity contribution in [1.82, 2.24) is 19.9 Å². The topological polar surface area (TPSA) is 79.8 Å². The van der Waals surface area contributed by atoms with E-state index in [4.69, 9.17) is 0 Å². The number of pyridine rings is 4. The van der Waals surface area contributed by atoms with E-state index < -0.39 is 15.6 Å². The van der Waals surface area contributed by atoms with Crippen LogP contribution in [-0.4, -0.2) is 19.9 Å². The zero-order valence-electron chi connectivity index (χ0n) is 21.5. The van der Waals surface area contributed by atoms with Gasteiger partial charge in [0.25, 0.3) is 0 Å². The van der Waals surface area contributed by atoms with Gasteiger partial charge in [0.2, 0.25) is 0 Å². The van der Waals surface area contributed by atoms with Crippen LogP contribution in [0, 0.1) is 0 Å². The molecule has 0 saturated carbocycles. The van der Waals surface area contributed by atoms with E-state index in [0.29, 0.717) is 0 Å². The molecule has 238 valence electrons. The summed E-state index contributed by atoms with van der Waals surface area (Å²) in [5.41, 5.74) is 6.53. The first-order valence-corrected chi connectivity index (χ1v) is 15.7. The van der Waals surface area contributed by atoms with Gasteiger partial charge in [-0.1, -0.05) is 24.3 Å². The minimum Gasteiger partial charge on any atom is -0.250 e. The van der Waals surface area contributed by atoms with Crippen LogP contribution in [0.25, 0.3) is 45.6 Å². The third-order valence-electron chi connectivity index (χ3n) is 4.68. The number of nitrogens with one attached hydrogen (secondary N) is 2. The molecule has 0 aliphatic heterocycles. The van der Waals surface area contributed by atoms with E-state index in [2.05, 4.69) is 29.9 Å². The Kier molecular flexibility index (Phi) is 8.31. The summed E-state index contributed by atoms with van der Waals surface area (Å²) in [5, 5.41) is 0. The minimum atomic E-state index is -10.7. The number of hydrogen-bond acceptors (Lipinski definition) is 4. The molecular weight excluding hydrogens is 662 g/mol. The fourth-order valence-electron chi connectivity index (χ4n) is 3.31. The van der Waals surface area contributed by atoms with Crippen LogP contribution in [0.15, 0.2) is 97.6 Å². The summed E-state index contributed by atoms with van der Waals surface area (Å²) in [6, 6.07) is 23.3. The van der Waals surface area contributed by atoms with Crippen molar-refractivity contribution in [2.24, 2.45) is 0 Å². The summed E-state index contributed by atoms with van der Waals surface area (Å²) < 4.78 is 118. The molecule has 2 N–H and O–H groups in total. The molecule has 0 aliphatic carbocycles. The second kappa shape index (κ2) is 10.7. The molecule has 0 bridgehead atoms. The van der Waals surface area contributed by atoms with Crippen molar-refractivity contribution in [3.8, 4) is 45.6 Å². The van der Waals surface area contributed by atoms with Crippen LogP contribution in [0.4, 0.5) is 50.4 Å². The number of halogens is 12. The summed E-state index contributed by atoms with van der Waals surface area (Å²) in [4.78, 5) is 25.4. The zero-order chi connectivity index (χ0) is 33.0. The van der Waals surface area contributed by atoms with Crippen LogP contribution < -0.4 is 9.97 Å². The second-order valence-electron chi connectivity index (χ2n) is 8.53. The Morgan fingerprint density at radius 1 is 0.341 bits per heavy atom. The molecule has 0 atom stereocenters. The third-order valence-corrected chi connectivity index (χ3v) is 4.68. The van der Waals surface area contributed by atoms with Gasteiger partial charge in [0.1, 0.15) is 22.8 Å². The van der Waals surface area contributed by atoms with E-state index in [9.17, 15) is 50.4 Å². The molecule has 0 aliphatic rings. The normalized spacial score (nSPS) is 14.6. The summed E-state index contributed by atoms with van der Waals surface area (Å²) in [6.07, 6.45) is 7.11. The first-order chi connectivity index (χ1) is 19.8. The fraction of sp³-hybridized carbons (Fsp3) is 0. The largest absolute Gasteiger partial charge is 0.304 e. The predicted molar refractivity (Wildman–Crippen MR) is 140 cm³/mol. The molecule has 0 unspecified atom stereocenters. The van der Waals surface area contributed by atoms with Crippen molar-refractivity contribution in [3.05, 3.63) is 97.6 Å². The zero-order valence-corrected chi connectivity index (χ0v) is 23.2. The molecule has 0 amide bonds. The Balaban J connectivity index is 0.000000317. The summed E-state index contributed by atoms with van der Waals surface area (Å²) in [5.74, 6) is 0. The molecule has 0 radical (unpaired) electrons. The quantitative estimate of drug-likeness (QED) is 0.140. The van der Waals surface area contributed by atoms with Gasteiger partial charge in [-0.25, -0.2) is 19.9 Å². The maximum atomic E-state index is 9.87. The van der Waals surface area contributed by atoms with Gasteiger partial charge in [-0.05, 0) is 48.5 Å². The average Bonchev–Trinajstić information content (AvgIpc) is 2.91. The van der Waals surface area contributed by atoms with Crippen LogP contribution in [-0.2, 0) is 0 Å². The predicted octanol–water partition coefficient (Wildman–Crippen LogP) is 10.3. The van der Waals surface area contributed by atoms with Crippen LogP contribution in [0.1, 0.15) is 0 Å². The van der Waals surface area contributed by atoms with Gasteiger partial charge in [0.15, 0.2) is 0 Å². The first-order valence-electron chi connectivity index (χ1n) is 11.6. The number of hydrogen-bond donors (Lipinski definition) is 0. The first kappa shape index (κ1) is 34.2. The van der Waals surface area contributed by atoms with Crippen molar-refractivity contribution < 1.29 is 60.3 Å². The average molecular weight is 680 g/mol. The van der Waals surface area contributed by atoms with Crippen LogP contribution in [0.3, 0.4) is 0 Å². The molecular formula is C24H18F12N6P2. The van der Waals surface area contributed by atoms with Crippen molar-refractivity contribution in [2.75, 3.05) is 0 Å². The Morgan fingerprint density at radius 3 is 0.659 bits per heavy atom. The molecule has 6 nitrogen and oxygen atoms in total. The van der Waals surface area contributed by atoms with E-state index >= 15 is 0 Å². The van der Waals surface area contributed by atoms with Gasteiger partial charge in [0, 0.05) is 24.8 Å². The van der Waals surface area contributed by atoms with Crippen LogP contribution in [0.5, 0.6) is 0 Å². The number of aromatic amines is 2. The Labute approximate surface area is 239 Å². The Bertz CT molecular complexity index is 1460. The number of rotatable bonds is 4. The van der Waals surface area contributed by atoms with Crippen molar-refractivity contribution in [3.63, 3.8) is 0 Å². The molecule has 5 heterocycles. The number of H-pyrrole nitrogens is 2. The van der Waals surface area contributed by atoms with Crippen LogP contribution >= 0.6 is 15.6 Å². The maximum Gasteiger partial charge on any atom is 0.304 e. The Hall–Kier alpha value is -4.30. The van der Waals surface area contributed by atoms with Crippen molar-refractivity contribution >= 4 is 15.6 Å². The molecule has 0 fully saturated rings. The van der Waals surface area contributed by atoms with Gasteiger partial charge in [-0.2, -0.15) is 9.97 Å². The summed E-state index contributed by atoms with van der Waals surface area (Å²) in [6.45, 7) is 0. The summed E-state index contributed by atoms with van der Waals surface area (Å²) >= 11 is 0. The van der Waals surface area contributed by atoms with Crippen molar-refractivity contribution in [1.29, 1.82) is 0 Å². The van der Waals surface area contributed by atoms with Gasteiger partial charge in [0.05, 0.1) is 0 Å². The van der Waals surface area contributed by atoms with Gasteiger partial charge in [-0.3, -0.25) is 0 Å². The molecule has 0 aromatic carbocycles. The van der Waals surface area contributed by atoms with E-state index in [-0.39, 0.29) is 0 Å². The van der Waals surface area contributed by atoms with Gasteiger partial charge in [-0.15, -0.1) is 0 Å². The Morgan fingerprint density at radius 2 is 0.523 bits per heavy atom. The van der Waals surface area contributed by atoms with Gasteiger partial charge < -0.3 is 0 Å². The minimum absolute atomic E-state index is 0.805.